The third-order valence-corrected chi connectivity index (χ3v) is 2.89. The molecule has 3 rings (SSSR count). The molecule has 0 unspecified atom stereocenters. The highest BCUT2D eigenvalue weighted by Gasteiger charge is 2.04. The van der Waals surface area contributed by atoms with Crippen molar-refractivity contribution in [1.82, 2.24) is 4.98 Å². The van der Waals surface area contributed by atoms with Crippen molar-refractivity contribution in [2.24, 2.45) is 0 Å². The number of nitrogen functional groups attached to an aromatic ring is 1. The van der Waals surface area contributed by atoms with Gasteiger partial charge in [0.2, 0.25) is 0 Å². The maximum atomic E-state index is 5.80. The Kier molecular flexibility index (Phi) is 2.41. The van der Waals surface area contributed by atoms with E-state index in [1.165, 1.54) is 0 Å². The van der Waals surface area contributed by atoms with Gasteiger partial charge in [0, 0.05) is 12.4 Å². The summed E-state index contributed by atoms with van der Waals surface area (Å²) in [6.45, 7) is 0. The molecule has 0 amide bonds. The summed E-state index contributed by atoms with van der Waals surface area (Å²) in [4.78, 5) is 4.18. The number of furan rings is 1. The second-order valence-electron chi connectivity index (χ2n) is 4.09. The fraction of sp³-hybridized carbons (Fsp3) is 0.0714. The average molecular weight is 239 g/mol. The van der Waals surface area contributed by atoms with Gasteiger partial charge in [-0.3, -0.25) is 0 Å². The Morgan fingerprint density at radius 2 is 2.00 bits per heavy atom. The van der Waals surface area contributed by atoms with Crippen LogP contribution in [0.5, 0.6) is 0 Å². The van der Waals surface area contributed by atoms with Gasteiger partial charge in [-0.2, -0.15) is 0 Å². The second kappa shape index (κ2) is 4.07. The first-order valence-electron chi connectivity index (χ1n) is 5.69. The number of aromatic nitrogens is 1. The summed E-state index contributed by atoms with van der Waals surface area (Å²) in [6.07, 6.45) is 1.69. The van der Waals surface area contributed by atoms with Crippen LogP contribution in [-0.4, -0.2) is 12.0 Å². The first-order valence-corrected chi connectivity index (χ1v) is 5.69. The summed E-state index contributed by atoms with van der Waals surface area (Å²) >= 11 is 0. The summed E-state index contributed by atoms with van der Waals surface area (Å²) in [5, 5.41) is 4.08. The van der Waals surface area contributed by atoms with Crippen LogP contribution in [0.2, 0.25) is 0 Å². The van der Waals surface area contributed by atoms with E-state index in [-0.39, 0.29) is 0 Å². The lowest BCUT2D eigenvalue weighted by atomic mass is 10.0. The molecular formula is C14H13N3O. The molecule has 3 N–H and O–H groups in total. The van der Waals surface area contributed by atoms with Crippen molar-refractivity contribution < 1.29 is 4.42 Å². The molecule has 0 saturated carbocycles. The van der Waals surface area contributed by atoms with Crippen LogP contribution < -0.4 is 11.1 Å². The summed E-state index contributed by atoms with van der Waals surface area (Å²) in [7, 11) is 1.82. The van der Waals surface area contributed by atoms with Gasteiger partial charge in [-0.1, -0.05) is 6.07 Å². The molecule has 0 radical (unpaired) electrons. The third kappa shape index (κ3) is 1.78. The van der Waals surface area contributed by atoms with E-state index in [0.717, 1.165) is 27.9 Å². The number of hydrogen-bond acceptors (Lipinski definition) is 4. The van der Waals surface area contributed by atoms with Crippen molar-refractivity contribution in [2.45, 2.75) is 0 Å². The number of pyridine rings is 1. The van der Waals surface area contributed by atoms with Crippen molar-refractivity contribution in [3.8, 4) is 11.1 Å². The first kappa shape index (κ1) is 10.7. The molecule has 0 spiro atoms. The number of benzene rings is 1. The van der Waals surface area contributed by atoms with E-state index in [1.807, 2.05) is 37.4 Å². The first-order chi connectivity index (χ1) is 8.76. The molecule has 18 heavy (non-hydrogen) atoms. The SMILES string of the molecule is CNc1cc(-c2ccc3occc3c2)cc(N)n1. The van der Waals surface area contributed by atoms with Gasteiger partial charge in [-0.25, -0.2) is 4.98 Å². The van der Waals surface area contributed by atoms with Crippen molar-refractivity contribution in [2.75, 3.05) is 18.1 Å². The highest BCUT2D eigenvalue weighted by Crippen LogP contribution is 2.27. The Balaban J connectivity index is 2.15. The second-order valence-corrected chi connectivity index (χ2v) is 4.09. The number of rotatable bonds is 2. The van der Waals surface area contributed by atoms with Crippen LogP contribution in [0.15, 0.2) is 47.1 Å². The van der Waals surface area contributed by atoms with Crippen LogP contribution in [0.1, 0.15) is 0 Å². The quantitative estimate of drug-likeness (QED) is 0.721. The molecule has 4 nitrogen and oxygen atoms in total. The van der Waals surface area contributed by atoms with E-state index in [2.05, 4.69) is 16.4 Å². The molecule has 0 fully saturated rings. The van der Waals surface area contributed by atoms with Crippen LogP contribution in [0.25, 0.3) is 22.1 Å². The molecule has 0 aliphatic rings. The Morgan fingerprint density at radius 1 is 1.11 bits per heavy atom. The largest absolute Gasteiger partial charge is 0.464 e. The van der Waals surface area contributed by atoms with Crippen LogP contribution >= 0.6 is 0 Å². The third-order valence-electron chi connectivity index (χ3n) is 2.89. The molecule has 0 atom stereocenters. The van der Waals surface area contributed by atoms with E-state index in [9.17, 15) is 0 Å². The lowest BCUT2D eigenvalue weighted by molar-refractivity contribution is 0.616. The minimum absolute atomic E-state index is 0.504. The molecule has 1 aromatic carbocycles. The van der Waals surface area contributed by atoms with Crippen molar-refractivity contribution >= 4 is 22.6 Å². The van der Waals surface area contributed by atoms with E-state index >= 15 is 0 Å². The summed E-state index contributed by atoms with van der Waals surface area (Å²) < 4.78 is 5.33. The number of fused-ring (bicyclic) bond motifs is 1. The fourth-order valence-electron chi connectivity index (χ4n) is 1.99. The topological polar surface area (TPSA) is 64.1 Å². The number of nitrogens with zero attached hydrogens (tertiary/aromatic N) is 1. The Morgan fingerprint density at radius 3 is 2.83 bits per heavy atom. The van der Waals surface area contributed by atoms with Gasteiger partial charge in [-0.15, -0.1) is 0 Å². The predicted molar refractivity (Wildman–Crippen MR) is 73.4 cm³/mol. The molecule has 0 aliphatic heterocycles. The smallest absolute Gasteiger partial charge is 0.133 e. The predicted octanol–water partition coefficient (Wildman–Crippen LogP) is 3.12. The van der Waals surface area contributed by atoms with E-state index < -0.39 is 0 Å². The Bertz CT molecular complexity index is 703. The molecule has 2 heterocycles. The number of nitrogens with two attached hydrogens (primary N) is 1. The zero-order valence-corrected chi connectivity index (χ0v) is 9.97. The van der Waals surface area contributed by atoms with Gasteiger partial charge in [0.15, 0.2) is 0 Å². The number of anilines is 2. The average Bonchev–Trinajstić information content (AvgIpc) is 2.85. The van der Waals surface area contributed by atoms with Gasteiger partial charge >= 0.3 is 0 Å². The maximum absolute atomic E-state index is 5.80. The monoisotopic (exact) mass is 239 g/mol. The summed E-state index contributed by atoms with van der Waals surface area (Å²) in [5.41, 5.74) is 8.81. The summed E-state index contributed by atoms with van der Waals surface area (Å²) in [5.74, 6) is 1.27. The van der Waals surface area contributed by atoms with E-state index in [0.29, 0.717) is 5.82 Å². The highest BCUT2D eigenvalue weighted by atomic mass is 16.3. The van der Waals surface area contributed by atoms with Crippen LogP contribution in [-0.2, 0) is 0 Å². The van der Waals surface area contributed by atoms with Crippen LogP contribution in [0, 0.1) is 0 Å². The zero-order valence-electron chi connectivity index (χ0n) is 9.97. The van der Waals surface area contributed by atoms with Gasteiger partial charge in [0.25, 0.3) is 0 Å². The Labute approximate surface area is 104 Å². The molecule has 0 aliphatic carbocycles. The molecule has 0 bridgehead atoms. The minimum Gasteiger partial charge on any atom is -0.464 e. The fourth-order valence-corrected chi connectivity index (χ4v) is 1.99. The summed E-state index contributed by atoms with van der Waals surface area (Å²) in [6, 6.07) is 11.8. The van der Waals surface area contributed by atoms with Gasteiger partial charge in [0.05, 0.1) is 6.26 Å². The van der Waals surface area contributed by atoms with Crippen LogP contribution in [0.3, 0.4) is 0 Å². The molecule has 90 valence electrons. The zero-order chi connectivity index (χ0) is 12.5. The van der Waals surface area contributed by atoms with Crippen molar-refractivity contribution in [3.63, 3.8) is 0 Å². The maximum Gasteiger partial charge on any atom is 0.133 e. The molecule has 2 aromatic heterocycles. The molecular weight excluding hydrogens is 226 g/mol. The van der Waals surface area contributed by atoms with Gasteiger partial charge in [-0.05, 0) is 41.5 Å². The van der Waals surface area contributed by atoms with Gasteiger partial charge in [0.1, 0.15) is 17.2 Å². The van der Waals surface area contributed by atoms with E-state index in [4.69, 9.17) is 10.2 Å². The van der Waals surface area contributed by atoms with Crippen molar-refractivity contribution in [3.05, 3.63) is 42.7 Å². The minimum atomic E-state index is 0.504. The molecule has 0 saturated heterocycles. The van der Waals surface area contributed by atoms with E-state index in [1.54, 1.807) is 6.26 Å². The van der Waals surface area contributed by atoms with Crippen molar-refractivity contribution in [1.29, 1.82) is 0 Å². The highest BCUT2D eigenvalue weighted by molar-refractivity contribution is 5.84. The lowest BCUT2D eigenvalue weighted by Gasteiger charge is -2.06. The standard InChI is InChI=1S/C14H13N3O/c1-16-14-8-11(7-13(15)17-14)9-2-3-12-10(6-9)4-5-18-12/h2-8H,1H3,(H3,15,16,17). The molecule has 4 heteroatoms. The van der Waals surface area contributed by atoms with Gasteiger partial charge < -0.3 is 15.5 Å². The number of nitrogens with one attached hydrogen (secondary N) is 1. The Hall–Kier alpha value is -2.49. The number of hydrogen-bond donors (Lipinski definition) is 2. The van der Waals surface area contributed by atoms with Crippen LogP contribution in [0.4, 0.5) is 11.6 Å². The molecule has 3 aromatic rings. The normalized spacial score (nSPS) is 10.7. The lowest BCUT2D eigenvalue weighted by Crippen LogP contribution is -1.97.